The predicted molar refractivity (Wildman–Crippen MR) is 136 cm³/mol. The third kappa shape index (κ3) is 4.72. The molecule has 0 spiro atoms. The van der Waals surface area contributed by atoms with Gasteiger partial charge in [0.2, 0.25) is 0 Å². The Labute approximate surface area is 206 Å². The number of hydrogen-bond donors (Lipinski definition) is 1. The van der Waals surface area contributed by atoms with Gasteiger partial charge in [-0.25, -0.2) is 0 Å². The van der Waals surface area contributed by atoms with Crippen LogP contribution < -0.4 is 10.9 Å². The molecule has 10 heteroatoms. The lowest BCUT2D eigenvalue weighted by Gasteiger charge is -2.06. The molecule has 5 rings (SSSR count). The van der Waals surface area contributed by atoms with Gasteiger partial charge in [-0.3, -0.25) is 9.59 Å². The van der Waals surface area contributed by atoms with Gasteiger partial charge in [0.25, 0.3) is 11.5 Å². The van der Waals surface area contributed by atoms with Gasteiger partial charge in [0.1, 0.15) is 11.5 Å². The molecule has 0 radical (unpaired) electrons. The van der Waals surface area contributed by atoms with E-state index in [1.807, 2.05) is 47.2 Å². The highest BCUT2D eigenvalue weighted by atomic mass is 35.5. The maximum atomic E-state index is 13.2. The van der Waals surface area contributed by atoms with E-state index in [9.17, 15) is 9.59 Å². The fourth-order valence-electron chi connectivity index (χ4n) is 3.35. The third-order valence-corrected chi connectivity index (χ3v) is 7.86. The molecule has 0 amide bonds. The van der Waals surface area contributed by atoms with Gasteiger partial charge in [-0.05, 0) is 47.2 Å². The predicted octanol–water partition coefficient (Wildman–Crippen LogP) is 5.90. The minimum absolute atomic E-state index is 0.157. The topological polar surface area (TPSA) is 68.9 Å². The van der Waals surface area contributed by atoms with Crippen molar-refractivity contribution in [1.29, 1.82) is 0 Å². The summed E-state index contributed by atoms with van der Waals surface area (Å²) < 4.78 is 3.68. The number of anilines is 1. The Bertz CT molecular complexity index is 1450. The summed E-state index contributed by atoms with van der Waals surface area (Å²) in [6.07, 6.45) is 1.76. The van der Waals surface area contributed by atoms with Crippen LogP contribution in [-0.2, 0) is 13.1 Å². The number of pyridine rings is 1. The Kier molecular flexibility index (Phi) is 6.28. The molecule has 0 aliphatic rings. The van der Waals surface area contributed by atoms with E-state index in [1.54, 1.807) is 40.3 Å². The van der Waals surface area contributed by atoms with Crippen molar-refractivity contribution < 1.29 is 4.79 Å². The first-order valence-electron chi connectivity index (χ1n) is 9.97. The van der Waals surface area contributed by atoms with Crippen LogP contribution in [0.25, 0.3) is 11.3 Å². The van der Waals surface area contributed by atoms with E-state index in [0.29, 0.717) is 39.4 Å². The summed E-state index contributed by atoms with van der Waals surface area (Å²) in [5.74, 6) is 0.263. The molecule has 0 aliphatic heterocycles. The van der Waals surface area contributed by atoms with Gasteiger partial charge in [-0.15, -0.1) is 34.0 Å². The molecule has 0 saturated heterocycles. The molecule has 0 aromatic carbocycles. The molecule has 1 N–H and O–H groups in total. The second-order valence-corrected chi connectivity index (χ2v) is 10.9. The van der Waals surface area contributed by atoms with Crippen LogP contribution in [0, 0.1) is 0 Å². The zero-order chi connectivity index (χ0) is 22.8. The number of halogens is 1. The van der Waals surface area contributed by atoms with Crippen LogP contribution in [0.15, 0.2) is 76.3 Å². The van der Waals surface area contributed by atoms with E-state index >= 15 is 0 Å². The van der Waals surface area contributed by atoms with Crippen LogP contribution >= 0.6 is 45.6 Å². The first-order valence-corrected chi connectivity index (χ1v) is 12.9. The molecule has 0 unspecified atom stereocenters. The lowest BCUT2D eigenvalue weighted by atomic mass is 10.2. The van der Waals surface area contributed by atoms with Crippen LogP contribution in [0.1, 0.15) is 19.4 Å². The molecule has 33 heavy (non-hydrogen) atoms. The van der Waals surface area contributed by atoms with Crippen molar-refractivity contribution in [2.24, 2.45) is 0 Å². The number of carbonyl (C=O) groups is 1. The number of hydrogen-bond acceptors (Lipinski definition) is 7. The Morgan fingerprint density at radius 2 is 1.88 bits per heavy atom. The molecule has 0 bridgehead atoms. The largest absolute Gasteiger partial charge is 0.365 e. The smallest absolute Gasteiger partial charge is 0.290 e. The highest BCUT2D eigenvalue weighted by molar-refractivity contribution is 7.16. The van der Waals surface area contributed by atoms with Crippen molar-refractivity contribution in [3.05, 3.63) is 101 Å². The average molecular weight is 513 g/mol. The second-order valence-electron chi connectivity index (χ2n) is 7.10. The van der Waals surface area contributed by atoms with E-state index in [1.165, 1.54) is 27.4 Å². The molecule has 166 valence electrons. The van der Waals surface area contributed by atoms with Crippen LogP contribution in [0.5, 0.6) is 0 Å². The summed E-state index contributed by atoms with van der Waals surface area (Å²) in [6.45, 7) is 0.973. The minimum atomic E-state index is -0.252. The molecular weight excluding hydrogens is 496 g/mol. The van der Waals surface area contributed by atoms with E-state index in [4.69, 9.17) is 11.6 Å². The van der Waals surface area contributed by atoms with Crippen molar-refractivity contribution in [3.8, 4) is 11.3 Å². The molecule has 0 aliphatic carbocycles. The number of nitrogens with zero attached hydrogens (tertiary/aromatic N) is 3. The van der Waals surface area contributed by atoms with Gasteiger partial charge >= 0.3 is 0 Å². The van der Waals surface area contributed by atoms with Gasteiger partial charge in [-0.2, -0.15) is 9.78 Å². The summed E-state index contributed by atoms with van der Waals surface area (Å²) in [6, 6.07) is 16.6. The zero-order valence-corrected chi connectivity index (χ0v) is 20.3. The fraction of sp³-hybridized carbons (Fsp3) is 0.0870. The molecular formula is C23H17ClN4O2S3. The molecule has 5 heterocycles. The third-order valence-electron chi connectivity index (χ3n) is 4.91. The van der Waals surface area contributed by atoms with Gasteiger partial charge in [0, 0.05) is 22.0 Å². The summed E-state index contributed by atoms with van der Waals surface area (Å²) >= 11 is 10.5. The first-order chi connectivity index (χ1) is 16.1. The van der Waals surface area contributed by atoms with Crippen LogP contribution in [-0.4, -0.2) is 20.3 Å². The van der Waals surface area contributed by atoms with Crippen LogP contribution in [0.3, 0.4) is 0 Å². The maximum Gasteiger partial charge on any atom is 0.290 e. The lowest BCUT2D eigenvalue weighted by Crippen LogP contribution is -2.21. The van der Waals surface area contributed by atoms with Gasteiger partial charge in [-0.1, -0.05) is 23.7 Å². The number of aromatic nitrogens is 3. The summed E-state index contributed by atoms with van der Waals surface area (Å²) in [7, 11) is 0. The van der Waals surface area contributed by atoms with Crippen molar-refractivity contribution in [1.82, 2.24) is 14.3 Å². The van der Waals surface area contributed by atoms with Crippen molar-refractivity contribution in [2.45, 2.75) is 13.1 Å². The van der Waals surface area contributed by atoms with Crippen LogP contribution in [0.2, 0.25) is 4.34 Å². The van der Waals surface area contributed by atoms with Gasteiger partial charge in [0.05, 0.1) is 27.9 Å². The molecule has 0 saturated carbocycles. The number of rotatable bonds is 7. The summed E-state index contributed by atoms with van der Waals surface area (Å²) in [4.78, 5) is 29.0. The molecule has 5 aromatic rings. The van der Waals surface area contributed by atoms with Gasteiger partial charge < -0.3 is 9.88 Å². The normalized spacial score (nSPS) is 11.1. The van der Waals surface area contributed by atoms with E-state index in [2.05, 4.69) is 10.4 Å². The van der Waals surface area contributed by atoms with E-state index in [0.717, 1.165) is 9.75 Å². The Hall–Kier alpha value is -2.98. The van der Waals surface area contributed by atoms with Crippen molar-refractivity contribution >= 4 is 57.3 Å². The SMILES string of the molecule is O=C(c1cccs1)n1nc(-c2cccn(Cc3cccs3)c2=O)cc1NCc1ccc(Cl)s1. The second kappa shape index (κ2) is 9.48. The maximum absolute atomic E-state index is 13.2. The Morgan fingerprint density at radius 1 is 1.03 bits per heavy atom. The summed E-state index contributed by atoms with van der Waals surface area (Å²) in [5.41, 5.74) is 0.724. The molecule has 0 atom stereocenters. The minimum Gasteiger partial charge on any atom is -0.365 e. The van der Waals surface area contributed by atoms with Crippen molar-refractivity contribution in [2.75, 3.05) is 5.32 Å². The van der Waals surface area contributed by atoms with Crippen LogP contribution in [0.4, 0.5) is 5.82 Å². The Morgan fingerprint density at radius 3 is 2.61 bits per heavy atom. The standard InChI is InChI=1S/C23H17ClN4O2S3/c24-20-8-7-15(33-20)13-25-21-12-18(26-28(21)23(30)19-6-3-11-32-19)17-5-1-9-27(22(17)29)14-16-4-2-10-31-16/h1-12,25H,13-14H2. The number of nitrogens with one attached hydrogen (secondary N) is 1. The quantitative estimate of drug-likeness (QED) is 0.295. The molecule has 6 nitrogen and oxygen atoms in total. The first kappa shape index (κ1) is 21.8. The molecule has 5 aromatic heterocycles. The number of thiophene rings is 3. The molecule has 0 fully saturated rings. The zero-order valence-electron chi connectivity index (χ0n) is 17.1. The fourth-order valence-corrected chi connectivity index (χ4v) is 5.73. The van der Waals surface area contributed by atoms with E-state index < -0.39 is 0 Å². The highest BCUT2D eigenvalue weighted by Crippen LogP contribution is 2.25. The lowest BCUT2D eigenvalue weighted by molar-refractivity contribution is 0.0952. The summed E-state index contributed by atoms with van der Waals surface area (Å²) in [5, 5.41) is 11.6. The highest BCUT2D eigenvalue weighted by Gasteiger charge is 2.20. The van der Waals surface area contributed by atoms with Gasteiger partial charge in [0.15, 0.2) is 0 Å². The van der Waals surface area contributed by atoms with Crippen molar-refractivity contribution in [3.63, 3.8) is 0 Å². The average Bonchev–Trinajstić information content (AvgIpc) is 3.61. The Balaban J connectivity index is 1.51. The van der Waals surface area contributed by atoms with E-state index in [-0.39, 0.29) is 11.5 Å². The monoisotopic (exact) mass is 512 g/mol. The number of carbonyl (C=O) groups excluding carboxylic acids is 1.